The van der Waals surface area contributed by atoms with Crippen molar-refractivity contribution in [1.82, 2.24) is 4.90 Å². The lowest BCUT2D eigenvalue weighted by molar-refractivity contribution is -0.148. The van der Waals surface area contributed by atoms with Gasteiger partial charge in [0.05, 0.1) is 11.6 Å². The molecule has 1 amide bonds. The molecule has 0 saturated carbocycles. The smallest absolute Gasteiger partial charge is 0.255 e. The van der Waals surface area contributed by atoms with Crippen LogP contribution in [0.4, 0.5) is 0 Å². The van der Waals surface area contributed by atoms with Crippen LogP contribution < -0.4 is 5.73 Å². The number of carbonyl (C=O) groups excluding carboxylic acids is 3. The Labute approximate surface area is 219 Å². The van der Waals surface area contributed by atoms with Gasteiger partial charge in [0.2, 0.25) is 5.78 Å². The monoisotopic (exact) mass is 518 g/mol. The van der Waals surface area contributed by atoms with Crippen molar-refractivity contribution in [2.75, 3.05) is 14.1 Å². The number of aliphatic hydroxyl groups is 3. The molecule has 9 nitrogen and oxygen atoms in total. The number of phenols is 1. The number of carbonyl (C=O) groups is 3. The summed E-state index contributed by atoms with van der Waals surface area (Å²) in [5, 5.41) is 44.5. The number of allylic oxidation sites excluding steroid dienone is 3. The van der Waals surface area contributed by atoms with Crippen molar-refractivity contribution in [1.29, 1.82) is 0 Å². The summed E-state index contributed by atoms with van der Waals surface area (Å²) in [7, 11) is 3.19. The van der Waals surface area contributed by atoms with E-state index < -0.39 is 58.0 Å². The molecule has 9 heteroatoms. The SMILES string of the molecule is CN(C)[C@H]1C(O)=C(C(N)=O)C(=O)[C@@]2(O)C(O)=C3C(=O)c4c(O)ccc(C#CC5=CCCCC5)c4C[C@@H]3C[C@H]12. The van der Waals surface area contributed by atoms with Crippen molar-refractivity contribution >= 4 is 17.5 Å². The topological polar surface area (TPSA) is 161 Å². The first-order valence-corrected chi connectivity index (χ1v) is 12.7. The van der Waals surface area contributed by atoms with Crippen LogP contribution in [0.15, 0.2) is 46.4 Å². The third-order valence-corrected chi connectivity index (χ3v) is 8.25. The van der Waals surface area contributed by atoms with Gasteiger partial charge in [0.25, 0.3) is 5.91 Å². The summed E-state index contributed by atoms with van der Waals surface area (Å²) in [6.07, 6.45) is 6.42. The van der Waals surface area contributed by atoms with Gasteiger partial charge in [-0.3, -0.25) is 19.3 Å². The summed E-state index contributed by atoms with van der Waals surface area (Å²) in [6, 6.07) is 2.00. The van der Waals surface area contributed by atoms with E-state index in [2.05, 4.69) is 17.9 Å². The number of aromatic hydroxyl groups is 1. The number of benzene rings is 1. The average Bonchev–Trinajstić information content (AvgIpc) is 2.86. The Morgan fingerprint density at radius 1 is 1.13 bits per heavy atom. The lowest BCUT2D eigenvalue weighted by Gasteiger charge is -2.50. The first-order chi connectivity index (χ1) is 18.0. The van der Waals surface area contributed by atoms with Crippen LogP contribution in [0.25, 0.3) is 0 Å². The molecule has 6 N–H and O–H groups in total. The maximum atomic E-state index is 13.7. The summed E-state index contributed by atoms with van der Waals surface area (Å²) in [4.78, 5) is 40.7. The molecular weight excluding hydrogens is 488 g/mol. The van der Waals surface area contributed by atoms with E-state index in [0.717, 1.165) is 31.3 Å². The Morgan fingerprint density at radius 2 is 1.87 bits per heavy atom. The van der Waals surface area contributed by atoms with Gasteiger partial charge in [-0.25, -0.2) is 0 Å². The van der Waals surface area contributed by atoms with E-state index in [-0.39, 0.29) is 29.7 Å². The molecule has 5 rings (SSSR count). The fourth-order valence-corrected chi connectivity index (χ4v) is 6.47. The molecule has 0 saturated heterocycles. The number of nitrogens with two attached hydrogens (primary N) is 1. The Morgan fingerprint density at radius 3 is 2.50 bits per heavy atom. The van der Waals surface area contributed by atoms with Crippen LogP contribution in [0.2, 0.25) is 0 Å². The Balaban J connectivity index is 1.66. The maximum absolute atomic E-state index is 13.7. The third kappa shape index (κ3) is 3.67. The summed E-state index contributed by atoms with van der Waals surface area (Å²) in [6.45, 7) is 0. The summed E-state index contributed by atoms with van der Waals surface area (Å²) >= 11 is 0. The molecular formula is C29H30N2O7. The second kappa shape index (κ2) is 9.15. The lowest BCUT2D eigenvalue weighted by atomic mass is 9.58. The molecule has 0 spiro atoms. The predicted molar refractivity (Wildman–Crippen MR) is 137 cm³/mol. The highest BCUT2D eigenvalue weighted by molar-refractivity contribution is 6.24. The number of hydrogen-bond donors (Lipinski definition) is 5. The second-order valence-corrected chi connectivity index (χ2v) is 10.7. The van der Waals surface area contributed by atoms with Crippen molar-refractivity contribution < 1.29 is 34.8 Å². The van der Waals surface area contributed by atoms with E-state index in [1.165, 1.54) is 11.0 Å². The molecule has 0 aromatic heterocycles. The molecule has 1 aromatic rings. The molecule has 0 heterocycles. The summed E-state index contributed by atoms with van der Waals surface area (Å²) in [5.74, 6) is -0.333. The number of phenolic OH excluding ortho intramolecular Hbond substituents is 1. The quantitative estimate of drug-likeness (QED) is 0.293. The molecule has 0 aliphatic heterocycles. The number of ketones is 2. The third-order valence-electron chi connectivity index (χ3n) is 8.25. The highest BCUT2D eigenvalue weighted by Gasteiger charge is 2.63. The van der Waals surface area contributed by atoms with Gasteiger partial charge < -0.3 is 26.2 Å². The van der Waals surface area contributed by atoms with Crippen molar-refractivity contribution in [2.45, 2.75) is 50.2 Å². The van der Waals surface area contributed by atoms with Crippen molar-refractivity contribution in [3.05, 3.63) is 63.1 Å². The first-order valence-electron chi connectivity index (χ1n) is 12.7. The van der Waals surface area contributed by atoms with Gasteiger partial charge in [-0.2, -0.15) is 0 Å². The number of Topliss-reactive ketones (excluding diaryl/α,β-unsaturated/α-hetero) is 2. The predicted octanol–water partition coefficient (Wildman–Crippen LogP) is 1.97. The van der Waals surface area contributed by atoms with Crippen molar-refractivity contribution in [2.24, 2.45) is 17.6 Å². The van der Waals surface area contributed by atoms with Crippen LogP contribution in [0.5, 0.6) is 5.75 Å². The van der Waals surface area contributed by atoms with E-state index >= 15 is 0 Å². The van der Waals surface area contributed by atoms with Crippen LogP contribution >= 0.6 is 0 Å². The van der Waals surface area contributed by atoms with E-state index in [9.17, 15) is 34.8 Å². The van der Waals surface area contributed by atoms with Gasteiger partial charge in [-0.1, -0.05) is 17.9 Å². The molecule has 4 atom stereocenters. The Bertz CT molecular complexity index is 1440. The Hall–Kier alpha value is -3.87. The number of primary amides is 1. The number of hydrogen-bond acceptors (Lipinski definition) is 8. The molecule has 0 unspecified atom stereocenters. The van der Waals surface area contributed by atoms with Crippen LogP contribution in [0, 0.1) is 23.7 Å². The van der Waals surface area contributed by atoms with Gasteiger partial charge in [0.15, 0.2) is 11.4 Å². The van der Waals surface area contributed by atoms with E-state index in [1.54, 1.807) is 20.2 Å². The molecule has 0 radical (unpaired) electrons. The van der Waals surface area contributed by atoms with Gasteiger partial charge in [0.1, 0.15) is 22.8 Å². The number of nitrogens with zero attached hydrogens (tertiary/aromatic N) is 1. The van der Waals surface area contributed by atoms with Gasteiger partial charge >= 0.3 is 0 Å². The van der Waals surface area contributed by atoms with Crippen LogP contribution in [-0.4, -0.2) is 68.5 Å². The molecule has 1 aromatic carbocycles. The minimum Gasteiger partial charge on any atom is -0.510 e. The van der Waals surface area contributed by atoms with E-state index in [0.29, 0.717) is 11.1 Å². The highest BCUT2D eigenvalue weighted by Crippen LogP contribution is 2.52. The number of amides is 1. The minimum atomic E-state index is -2.65. The zero-order valence-corrected chi connectivity index (χ0v) is 21.2. The maximum Gasteiger partial charge on any atom is 0.255 e. The van der Waals surface area contributed by atoms with Gasteiger partial charge in [-0.05, 0) is 81.8 Å². The first kappa shape index (κ1) is 25.8. The highest BCUT2D eigenvalue weighted by atomic mass is 16.3. The lowest BCUT2D eigenvalue weighted by Crippen LogP contribution is -2.63. The number of rotatable bonds is 2. The van der Waals surface area contributed by atoms with Crippen LogP contribution in [-0.2, 0) is 16.0 Å². The number of fused-ring (bicyclic) bond motifs is 3. The number of likely N-dealkylation sites (N-methyl/N-ethyl adjacent to an activating group) is 1. The van der Waals surface area contributed by atoms with E-state index in [1.807, 2.05) is 0 Å². The zero-order valence-electron chi connectivity index (χ0n) is 21.2. The van der Waals surface area contributed by atoms with Crippen molar-refractivity contribution in [3.8, 4) is 17.6 Å². The largest absolute Gasteiger partial charge is 0.510 e. The fourth-order valence-electron chi connectivity index (χ4n) is 6.47. The molecule has 0 fully saturated rings. The minimum absolute atomic E-state index is 0.0322. The standard InChI is InChI=1S/C29H30N2O7/c1-31(2)23-18-13-16-12-17-15(9-8-14-6-4-3-5-7-14)10-11-19(32)21(17)24(33)20(16)26(35)29(18,38)27(36)22(25(23)34)28(30)37/h6,10-11,16,18,23,32,34-35,38H,3-5,7,12-13H2,1-2H3,(H2,30,37)/t16-,18-,23-,29+/m1/s1. The van der Waals surface area contributed by atoms with E-state index in [4.69, 9.17) is 5.73 Å². The molecule has 4 aliphatic carbocycles. The normalized spacial score (nSPS) is 28.7. The summed E-state index contributed by atoms with van der Waals surface area (Å²) in [5.41, 5.74) is 3.82. The van der Waals surface area contributed by atoms with Crippen LogP contribution in [0.3, 0.4) is 0 Å². The zero-order chi connectivity index (χ0) is 27.5. The average molecular weight is 519 g/mol. The Kier molecular flexibility index (Phi) is 6.21. The van der Waals surface area contributed by atoms with Crippen LogP contribution in [0.1, 0.15) is 53.6 Å². The van der Waals surface area contributed by atoms with Gasteiger partial charge in [0, 0.05) is 17.1 Å². The molecule has 4 aliphatic rings. The number of aliphatic hydroxyl groups excluding tert-OH is 2. The van der Waals surface area contributed by atoms with Crippen molar-refractivity contribution in [3.63, 3.8) is 0 Å². The molecule has 38 heavy (non-hydrogen) atoms. The summed E-state index contributed by atoms with van der Waals surface area (Å²) < 4.78 is 0. The van der Waals surface area contributed by atoms with Gasteiger partial charge in [-0.15, -0.1) is 0 Å². The molecule has 0 bridgehead atoms. The fraction of sp³-hybridized carbons (Fsp3) is 0.414. The second-order valence-electron chi connectivity index (χ2n) is 10.7. The molecule has 198 valence electrons.